The highest BCUT2D eigenvalue weighted by Crippen LogP contribution is 2.28. The van der Waals surface area contributed by atoms with E-state index in [-0.39, 0.29) is 11.4 Å². The summed E-state index contributed by atoms with van der Waals surface area (Å²) >= 11 is 0. The van der Waals surface area contributed by atoms with Gasteiger partial charge >= 0.3 is 0 Å². The fourth-order valence-corrected chi connectivity index (χ4v) is 4.15. The zero-order chi connectivity index (χ0) is 19.2. The zero-order valence-electron chi connectivity index (χ0n) is 15.6. The molecule has 1 fully saturated rings. The summed E-state index contributed by atoms with van der Waals surface area (Å²) in [5.41, 5.74) is 3.95. The Hall–Kier alpha value is -2.48. The maximum Gasteiger partial charge on any atom is 0.214 e. The van der Waals surface area contributed by atoms with Crippen molar-refractivity contribution >= 4 is 21.4 Å². The van der Waals surface area contributed by atoms with Gasteiger partial charge in [0.2, 0.25) is 5.88 Å². The predicted octanol–water partition coefficient (Wildman–Crippen LogP) is 1.85. The van der Waals surface area contributed by atoms with Crippen molar-refractivity contribution in [2.45, 2.75) is 31.7 Å². The summed E-state index contributed by atoms with van der Waals surface area (Å²) in [4.78, 5) is 15.4. The second kappa shape index (κ2) is 6.60. The van der Waals surface area contributed by atoms with Gasteiger partial charge in [0.25, 0.3) is 0 Å². The number of pyridine rings is 2. The minimum absolute atomic E-state index is 0.0547. The minimum atomic E-state index is -3.00. The normalized spacial score (nSPS) is 16.9. The van der Waals surface area contributed by atoms with Crippen LogP contribution < -0.4 is 9.64 Å². The van der Waals surface area contributed by atoms with E-state index >= 15 is 0 Å². The molecule has 0 aliphatic carbocycles. The molecule has 142 valence electrons. The number of aromatic nitrogens is 2. The molecule has 8 heteroatoms. The van der Waals surface area contributed by atoms with Gasteiger partial charge in [0.1, 0.15) is 5.82 Å². The van der Waals surface area contributed by atoms with Crippen LogP contribution in [0.2, 0.25) is 0 Å². The maximum absolute atomic E-state index is 11.6. The SMILES string of the molecule is CC(C)Oc1cc2c(cn1)CN=C2c1ccnc(N2CC(S(C)(=O)=O)C2)c1. The highest BCUT2D eigenvalue weighted by atomic mass is 32.2. The molecule has 2 aromatic rings. The Labute approximate surface area is 159 Å². The quantitative estimate of drug-likeness (QED) is 0.780. The van der Waals surface area contributed by atoms with Gasteiger partial charge in [-0.1, -0.05) is 0 Å². The van der Waals surface area contributed by atoms with E-state index in [1.165, 1.54) is 6.26 Å². The Morgan fingerprint density at radius 2 is 2.00 bits per heavy atom. The molecule has 0 radical (unpaired) electrons. The lowest BCUT2D eigenvalue weighted by molar-refractivity contribution is 0.232. The van der Waals surface area contributed by atoms with Crippen LogP contribution in [0.5, 0.6) is 5.88 Å². The van der Waals surface area contributed by atoms with Gasteiger partial charge < -0.3 is 9.64 Å². The lowest BCUT2D eigenvalue weighted by atomic mass is 10.0. The number of ether oxygens (including phenoxy) is 1. The first-order valence-electron chi connectivity index (χ1n) is 8.92. The van der Waals surface area contributed by atoms with Crippen molar-refractivity contribution in [2.75, 3.05) is 24.2 Å². The lowest BCUT2D eigenvalue weighted by Crippen LogP contribution is -2.54. The molecule has 4 rings (SSSR count). The number of hydrogen-bond acceptors (Lipinski definition) is 7. The van der Waals surface area contributed by atoms with Gasteiger partial charge in [0, 0.05) is 54.5 Å². The molecule has 7 nitrogen and oxygen atoms in total. The maximum atomic E-state index is 11.6. The molecule has 4 heterocycles. The highest BCUT2D eigenvalue weighted by molar-refractivity contribution is 7.91. The average Bonchev–Trinajstić information content (AvgIpc) is 2.95. The molecule has 0 aromatic carbocycles. The highest BCUT2D eigenvalue weighted by Gasteiger charge is 2.35. The van der Waals surface area contributed by atoms with E-state index in [0.29, 0.717) is 25.5 Å². The van der Waals surface area contributed by atoms with Crippen LogP contribution in [-0.4, -0.2) is 54.8 Å². The van der Waals surface area contributed by atoms with Gasteiger partial charge in [-0.05, 0) is 26.0 Å². The summed E-state index contributed by atoms with van der Waals surface area (Å²) in [6.07, 6.45) is 4.90. The van der Waals surface area contributed by atoms with Gasteiger partial charge in [0.05, 0.1) is 23.6 Å². The van der Waals surface area contributed by atoms with Crippen molar-refractivity contribution < 1.29 is 13.2 Å². The molecule has 0 bridgehead atoms. The molecule has 1 saturated heterocycles. The number of aliphatic imine (C=N–C) groups is 1. The van der Waals surface area contributed by atoms with Crippen LogP contribution in [0.3, 0.4) is 0 Å². The van der Waals surface area contributed by atoms with Crippen LogP contribution in [0, 0.1) is 0 Å². The number of rotatable bonds is 5. The number of sulfone groups is 1. The van der Waals surface area contributed by atoms with Gasteiger partial charge in [-0.2, -0.15) is 0 Å². The topological polar surface area (TPSA) is 84.8 Å². The Morgan fingerprint density at radius 1 is 1.22 bits per heavy atom. The largest absolute Gasteiger partial charge is 0.475 e. The van der Waals surface area contributed by atoms with E-state index in [1.807, 2.05) is 43.1 Å². The summed E-state index contributed by atoms with van der Waals surface area (Å²) in [5, 5.41) is -0.311. The lowest BCUT2D eigenvalue weighted by Gasteiger charge is -2.38. The molecule has 0 atom stereocenters. The van der Waals surface area contributed by atoms with Crippen LogP contribution in [0.4, 0.5) is 5.82 Å². The average molecular weight is 386 g/mol. The van der Waals surface area contributed by atoms with Crippen molar-refractivity contribution in [2.24, 2.45) is 4.99 Å². The van der Waals surface area contributed by atoms with Crippen molar-refractivity contribution in [1.82, 2.24) is 9.97 Å². The first-order chi connectivity index (χ1) is 12.8. The predicted molar refractivity (Wildman–Crippen MR) is 104 cm³/mol. The number of hydrogen-bond donors (Lipinski definition) is 0. The van der Waals surface area contributed by atoms with Crippen molar-refractivity contribution in [3.8, 4) is 5.88 Å². The van der Waals surface area contributed by atoms with Crippen LogP contribution in [0.1, 0.15) is 30.5 Å². The molecule has 27 heavy (non-hydrogen) atoms. The van der Waals surface area contributed by atoms with E-state index in [4.69, 9.17) is 4.74 Å². The molecular weight excluding hydrogens is 364 g/mol. The van der Waals surface area contributed by atoms with Gasteiger partial charge in [-0.15, -0.1) is 0 Å². The number of anilines is 1. The van der Waals surface area contributed by atoms with Gasteiger partial charge in [0.15, 0.2) is 9.84 Å². The van der Waals surface area contributed by atoms with Gasteiger partial charge in [-0.25, -0.2) is 18.4 Å². The molecule has 0 spiro atoms. The zero-order valence-corrected chi connectivity index (χ0v) is 16.4. The monoisotopic (exact) mass is 386 g/mol. The Balaban J connectivity index is 1.58. The van der Waals surface area contributed by atoms with Gasteiger partial charge in [-0.3, -0.25) is 4.99 Å². The first kappa shape index (κ1) is 17.9. The minimum Gasteiger partial charge on any atom is -0.475 e. The van der Waals surface area contributed by atoms with Crippen LogP contribution in [0.25, 0.3) is 0 Å². The fraction of sp³-hybridized carbons (Fsp3) is 0.421. The summed E-state index contributed by atoms with van der Waals surface area (Å²) in [5.74, 6) is 1.36. The standard InChI is InChI=1S/C19H22N4O3S/c1-12(2)26-18-7-16-14(8-21-18)9-22-19(16)13-4-5-20-17(6-13)23-10-15(11-23)27(3,24)25/h4-8,12,15H,9-11H2,1-3H3. The molecular formula is C19H22N4O3S. The van der Waals surface area contributed by atoms with Crippen molar-refractivity contribution in [3.05, 3.63) is 47.3 Å². The van der Waals surface area contributed by atoms with E-state index < -0.39 is 9.84 Å². The molecule has 0 unspecified atom stereocenters. The second-order valence-corrected chi connectivity index (χ2v) is 9.60. The van der Waals surface area contributed by atoms with Crippen LogP contribution in [0.15, 0.2) is 35.6 Å². The van der Waals surface area contributed by atoms with Crippen molar-refractivity contribution in [1.29, 1.82) is 0 Å². The third-order valence-electron chi connectivity index (χ3n) is 4.78. The first-order valence-corrected chi connectivity index (χ1v) is 10.9. The van der Waals surface area contributed by atoms with Crippen LogP contribution in [-0.2, 0) is 16.4 Å². The van der Waals surface area contributed by atoms with E-state index in [9.17, 15) is 8.42 Å². The third-order valence-corrected chi connectivity index (χ3v) is 6.29. The molecule has 0 N–H and O–H groups in total. The van der Waals surface area contributed by atoms with E-state index in [0.717, 1.165) is 28.2 Å². The third kappa shape index (κ3) is 3.53. The number of nitrogens with zero attached hydrogens (tertiary/aromatic N) is 4. The summed E-state index contributed by atoms with van der Waals surface area (Å²) < 4.78 is 29.0. The van der Waals surface area contributed by atoms with Crippen molar-refractivity contribution in [3.63, 3.8) is 0 Å². The van der Waals surface area contributed by atoms with E-state index in [1.54, 1.807) is 6.20 Å². The summed E-state index contributed by atoms with van der Waals surface area (Å²) in [6.45, 7) is 5.49. The molecule has 0 saturated carbocycles. The van der Waals surface area contributed by atoms with E-state index in [2.05, 4.69) is 15.0 Å². The number of fused-ring (bicyclic) bond motifs is 1. The molecule has 0 amide bonds. The summed E-state index contributed by atoms with van der Waals surface area (Å²) in [7, 11) is -3.00. The Bertz CT molecular complexity index is 1010. The smallest absolute Gasteiger partial charge is 0.214 e. The molecule has 2 aliphatic rings. The molecule has 2 aromatic heterocycles. The Morgan fingerprint density at radius 3 is 2.70 bits per heavy atom. The molecule has 2 aliphatic heterocycles. The summed E-state index contributed by atoms with van der Waals surface area (Å²) in [6, 6.07) is 5.83. The second-order valence-electron chi connectivity index (χ2n) is 7.27. The Kier molecular flexibility index (Phi) is 4.38. The van der Waals surface area contributed by atoms with Crippen LogP contribution >= 0.6 is 0 Å². The fourth-order valence-electron chi connectivity index (χ4n) is 3.25.